The number of Topliss-reactive ketones (excluding diaryl/α,β-unsaturated/α-hetero) is 1. The number of hydrogen-bond donors (Lipinski definition) is 0. The lowest BCUT2D eigenvalue weighted by molar-refractivity contribution is -0.117. The number of carbonyl (C=O) groups excluding carboxylic acids is 1. The Morgan fingerprint density at radius 1 is 1.25 bits per heavy atom. The van der Waals surface area contributed by atoms with Crippen LogP contribution in [0.2, 0.25) is 0 Å². The topological polar surface area (TPSA) is 26.3 Å². The second kappa shape index (κ2) is 8.72. The summed E-state index contributed by atoms with van der Waals surface area (Å²) in [7, 11) is 1.70. The zero-order valence-corrected chi connectivity index (χ0v) is 9.18. The van der Waals surface area contributed by atoms with Crippen LogP contribution in [0.1, 0.15) is 41.0 Å². The highest BCUT2D eigenvalue weighted by Gasteiger charge is 1.95. The van der Waals surface area contributed by atoms with Crippen LogP contribution in [-0.4, -0.2) is 19.0 Å². The lowest BCUT2D eigenvalue weighted by atomic mass is 10.1. The van der Waals surface area contributed by atoms with Gasteiger partial charge in [0.05, 0.1) is 6.10 Å². The summed E-state index contributed by atoms with van der Waals surface area (Å²) in [5, 5.41) is 0. The molecular formula is C10H22O2. The quantitative estimate of drug-likeness (QED) is 0.657. The molecule has 0 aliphatic carbocycles. The molecule has 74 valence electrons. The largest absolute Gasteiger partial charge is 0.382 e. The summed E-state index contributed by atoms with van der Waals surface area (Å²) >= 11 is 0. The Morgan fingerprint density at radius 3 is 1.58 bits per heavy atom. The Hall–Kier alpha value is -0.370. The maximum Gasteiger partial charge on any atom is 0.130 e. The predicted molar refractivity (Wildman–Crippen MR) is 52.3 cm³/mol. The van der Waals surface area contributed by atoms with E-state index < -0.39 is 0 Å². The molecule has 0 heterocycles. The molecule has 0 atom stereocenters. The third-order valence-electron chi connectivity index (χ3n) is 1.17. The van der Waals surface area contributed by atoms with E-state index in [9.17, 15) is 4.79 Å². The molecule has 0 rings (SSSR count). The van der Waals surface area contributed by atoms with Gasteiger partial charge in [-0.15, -0.1) is 0 Å². The highest BCUT2D eigenvalue weighted by molar-refractivity contribution is 5.75. The summed E-state index contributed by atoms with van der Waals surface area (Å²) in [5.74, 6) is 0.813. The number of ketones is 1. The molecule has 0 aromatic carbocycles. The molecule has 0 N–H and O–H groups in total. The van der Waals surface area contributed by atoms with E-state index in [1.165, 1.54) is 0 Å². The first kappa shape index (κ1) is 14.2. The zero-order valence-electron chi connectivity index (χ0n) is 9.18. The fourth-order valence-electron chi connectivity index (χ4n) is 0.575. The highest BCUT2D eigenvalue weighted by Crippen LogP contribution is 1.97. The van der Waals surface area contributed by atoms with Crippen LogP contribution in [0.5, 0.6) is 0 Å². The molecule has 0 bridgehead atoms. The lowest BCUT2D eigenvalue weighted by Crippen LogP contribution is -1.95. The molecule has 0 aliphatic rings. The van der Waals surface area contributed by atoms with Crippen LogP contribution in [-0.2, 0) is 9.53 Å². The van der Waals surface area contributed by atoms with E-state index in [2.05, 4.69) is 0 Å². The average molecular weight is 174 g/mol. The molecule has 2 heteroatoms. The van der Waals surface area contributed by atoms with E-state index in [4.69, 9.17) is 4.74 Å². The number of hydrogen-bond acceptors (Lipinski definition) is 2. The minimum absolute atomic E-state index is 0.287. The van der Waals surface area contributed by atoms with Gasteiger partial charge < -0.3 is 9.53 Å². The minimum atomic E-state index is 0.287. The van der Waals surface area contributed by atoms with Crippen LogP contribution >= 0.6 is 0 Å². The first-order chi connectivity index (χ1) is 5.40. The summed E-state index contributed by atoms with van der Waals surface area (Å²) in [5.41, 5.74) is 0. The van der Waals surface area contributed by atoms with Crippen LogP contribution in [0, 0.1) is 5.92 Å². The van der Waals surface area contributed by atoms with Crippen molar-refractivity contribution in [1.82, 2.24) is 0 Å². The molecule has 2 nitrogen and oxygen atoms in total. The average Bonchev–Trinajstić information content (AvgIpc) is 1.85. The van der Waals surface area contributed by atoms with Crippen molar-refractivity contribution in [3.63, 3.8) is 0 Å². The Balaban J connectivity index is 0. The van der Waals surface area contributed by atoms with Gasteiger partial charge in [0.25, 0.3) is 0 Å². The van der Waals surface area contributed by atoms with Crippen LogP contribution in [0.3, 0.4) is 0 Å². The molecule has 0 saturated carbocycles. The molecule has 0 spiro atoms. The van der Waals surface area contributed by atoms with Gasteiger partial charge in [0.2, 0.25) is 0 Å². The summed E-state index contributed by atoms with van der Waals surface area (Å²) in [6, 6.07) is 0. The summed E-state index contributed by atoms with van der Waals surface area (Å²) < 4.78 is 4.75. The molecule has 12 heavy (non-hydrogen) atoms. The van der Waals surface area contributed by atoms with Crippen molar-refractivity contribution in [2.24, 2.45) is 5.92 Å². The van der Waals surface area contributed by atoms with Gasteiger partial charge in [0, 0.05) is 13.5 Å². The molecule has 0 fully saturated rings. The van der Waals surface area contributed by atoms with Crippen LogP contribution in [0.4, 0.5) is 0 Å². The number of carbonyl (C=O) groups is 1. The van der Waals surface area contributed by atoms with Crippen LogP contribution in [0.25, 0.3) is 0 Å². The van der Waals surface area contributed by atoms with Gasteiger partial charge in [-0.05, 0) is 26.7 Å². The maximum atomic E-state index is 10.3. The molecule has 0 aliphatic heterocycles. The molecular weight excluding hydrogens is 152 g/mol. The van der Waals surface area contributed by atoms with Crippen LogP contribution < -0.4 is 0 Å². The van der Waals surface area contributed by atoms with Gasteiger partial charge >= 0.3 is 0 Å². The fourth-order valence-corrected chi connectivity index (χ4v) is 0.575. The Morgan fingerprint density at radius 2 is 1.58 bits per heavy atom. The molecule has 0 saturated heterocycles. The van der Waals surface area contributed by atoms with Crippen molar-refractivity contribution in [2.45, 2.75) is 47.1 Å². The Bertz CT molecular complexity index is 106. The monoisotopic (exact) mass is 174 g/mol. The third kappa shape index (κ3) is 22.6. The van der Waals surface area contributed by atoms with Crippen molar-refractivity contribution in [1.29, 1.82) is 0 Å². The summed E-state index contributed by atoms with van der Waals surface area (Å²) in [6.45, 7) is 9.71. The van der Waals surface area contributed by atoms with Crippen LogP contribution in [0.15, 0.2) is 0 Å². The summed E-state index contributed by atoms with van der Waals surface area (Å²) in [4.78, 5) is 10.3. The highest BCUT2D eigenvalue weighted by atomic mass is 16.5. The molecule has 0 unspecified atom stereocenters. The van der Waals surface area contributed by atoms with Gasteiger partial charge in [-0.25, -0.2) is 0 Å². The smallest absolute Gasteiger partial charge is 0.130 e. The van der Waals surface area contributed by atoms with E-state index >= 15 is 0 Å². The van der Waals surface area contributed by atoms with Crippen molar-refractivity contribution in [3.05, 3.63) is 0 Å². The number of methoxy groups -OCH3 is 1. The normalized spacial score (nSPS) is 9.67. The van der Waals surface area contributed by atoms with Gasteiger partial charge in [-0.2, -0.15) is 0 Å². The van der Waals surface area contributed by atoms with E-state index in [1.54, 1.807) is 14.0 Å². The predicted octanol–water partition coefficient (Wildman–Crippen LogP) is 2.66. The molecule has 0 aromatic rings. The third-order valence-corrected chi connectivity index (χ3v) is 1.17. The van der Waals surface area contributed by atoms with Crippen molar-refractivity contribution in [3.8, 4) is 0 Å². The number of rotatable bonds is 3. The van der Waals surface area contributed by atoms with E-state index in [0.717, 1.165) is 6.42 Å². The molecule has 0 amide bonds. The number of ether oxygens (including phenoxy) is 1. The van der Waals surface area contributed by atoms with Gasteiger partial charge in [-0.3, -0.25) is 0 Å². The van der Waals surface area contributed by atoms with Gasteiger partial charge in [-0.1, -0.05) is 13.8 Å². The van der Waals surface area contributed by atoms with Crippen molar-refractivity contribution < 1.29 is 9.53 Å². The molecule has 0 radical (unpaired) electrons. The standard InChI is InChI=1S/C6H12O.C4H10O/c1-5(2)4-6(3)7;1-4(2)5-3/h5H,4H2,1-3H3;4H,1-3H3. The van der Waals surface area contributed by atoms with E-state index in [0.29, 0.717) is 12.0 Å². The van der Waals surface area contributed by atoms with Gasteiger partial charge in [0.15, 0.2) is 0 Å². The van der Waals surface area contributed by atoms with E-state index in [1.807, 2.05) is 27.7 Å². The molecule has 0 aromatic heterocycles. The Labute approximate surface area is 76.3 Å². The minimum Gasteiger partial charge on any atom is -0.382 e. The Kier molecular flexibility index (Phi) is 10.3. The summed E-state index contributed by atoms with van der Waals surface area (Å²) in [6.07, 6.45) is 1.11. The zero-order chi connectivity index (χ0) is 10.1. The van der Waals surface area contributed by atoms with Gasteiger partial charge in [0.1, 0.15) is 5.78 Å². The second-order valence-corrected chi connectivity index (χ2v) is 3.58. The maximum absolute atomic E-state index is 10.3. The van der Waals surface area contributed by atoms with E-state index in [-0.39, 0.29) is 5.78 Å². The SMILES string of the molecule is CC(=O)CC(C)C.COC(C)C. The first-order valence-corrected chi connectivity index (χ1v) is 4.42. The lowest BCUT2D eigenvalue weighted by Gasteiger charge is -1.95. The first-order valence-electron chi connectivity index (χ1n) is 4.42. The van der Waals surface area contributed by atoms with Crippen molar-refractivity contribution >= 4 is 5.78 Å². The fraction of sp³-hybridized carbons (Fsp3) is 0.900. The second-order valence-electron chi connectivity index (χ2n) is 3.58. The van der Waals surface area contributed by atoms with Crippen molar-refractivity contribution in [2.75, 3.05) is 7.11 Å².